The maximum atomic E-state index is 6.12. The summed E-state index contributed by atoms with van der Waals surface area (Å²) in [5, 5.41) is 3.24. The first kappa shape index (κ1) is 16.0. The van der Waals surface area contributed by atoms with Crippen molar-refractivity contribution in [1.82, 2.24) is 15.0 Å². The Morgan fingerprint density at radius 3 is 2.64 bits per heavy atom. The first-order chi connectivity index (χ1) is 10.4. The molecule has 0 saturated carbocycles. The molecule has 2 rings (SSSR count). The number of nitrogens with zero attached hydrogens (tertiary/aromatic N) is 3. The number of aromatic nitrogens is 3. The molecule has 0 saturated heterocycles. The third-order valence-electron chi connectivity index (χ3n) is 3.05. The van der Waals surface area contributed by atoms with Crippen LogP contribution in [0.2, 0.25) is 0 Å². The van der Waals surface area contributed by atoms with Crippen molar-refractivity contribution < 1.29 is 4.74 Å². The summed E-state index contributed by atoms with van der Waals surface area (Å²) in [6.07, 6.45) is 3.55. The fourth-order valence-corrected chi connectivity index (χ4v) is 1.85. The van der Waals surface area contributed by atoms with E-state index < -0.39 is 0 Å². The normalized spacial score (nSPS) is 11.3. The Labute approximate surface area is 131 Å². The van der Waals surface area contributed by atoms with Gasteiger partial charge in [0.15, 0.2) is 5.82 Å². The zero-order chi connectivity index (χ0) is 16.2. The smallest absolute Gasteiger partial charge is 0.242 e. The lowest BCUT2D eigenvalue weighted by Crippen LogP contribution is -2.19. The molecule has 6 nitrogen and oxygen atoms in total. The molecule has 0 aliphatic heterocycles. The molecule has 6 heteroatoms. The van der Waals surface area contributed by atoms with Gasteiger partial charge in [0.25, 0.3) is 0 Å². The minimum absolute atomic E-state index is 0.190. The number of rotatable bonds is 5. The van der Waals surface area contributed by atoms with E-state index in [0.29, 0.717) is 36.4 Å². The van der Waals surface area contributed by atoms with Crippen molar-refractivity contribution >= 4 is 11.5 Å². The number of nitrogen functional groups attached to an aromatic ring is 1. The van der Waals surface area contributed by atoms with Crippen LogP contribution in [0.1, 0.15) is 39.1 Å². The lowest BCUT2D eigenvalue weighted by molar-refractivity contribution is 0.324. The van der Waals surface area contributed by atoms with Crippen molar-refractivity contribution in [3.8, 4) is 5.88 Å². The highest BCUT2D eigenvalue weighted by atomic mass is 16.5. The van der Waals surface area contributed by atoms with E-state index in [4.69, 9.17) is 10.5 Å². The number of nitrogens with two attached hydrogens (primary N) is 1. The summed E-state index contributed by atoms with van der Waals surface area (Å²) in [4.78, 5) is 13.1. The molecule has 2 aromatic heterocycles. The van der Waals surface area contributed by atoms with Gasteiger partial charge in [0.05, 0.1) is 6.61 Å². The number of hydrogen-bond donors (Lipinski definition) is 2. The van der Waals surface area contributed by atoms with Crippen LogP contribution in [0.3, 0.4) is 0 Å². The van der Waals surface area contributed by atoms with Crippen molar-refractivity contribution in [2.75, 3.05) is 17.7 Å². The van der Waals surface area contributed by atoms with Crippen LogP contribution in [0.15, 0.2) is 24.5 Å². The van der Waals surface area contributed by atoms with Crippen LogP contribution in [0, 0.1) is 0 Å². The highest BCUT2D eigenvalue weighted by Crippen LogP contribution is 2.30. The predicted octanol–water partition coefficient (Wildman–Crippen LogP) is 2.76. The Balaban J connectivity index is 2.30. The Morgan fingerprint density at radius 1 is 1.27 bits per heavy atom. The van der Waals surface area contributed by atoms with Crippen molar-refractivity contribution in [1.29, 1.82) is 0 Å². The molecule has 0 amide bonds. The Hall–Kier alpha value is -2.37. The van der Waals surface area contributed by atoms with E-state index in [2.05, 4.69) is 41.0 Å². The van der Waals surface area contributed by atoms with Crippen LogP contribution < -0.4 is 15.8 Å². The Morgan fingerprint density at radius 2 is 2.05 bits per heavy atom. The van der Waals surface area contributed by atoms with Gasteiger partial charge in [0, 0.05) is 24.4 Å². The van der Waals surface area contributed by atoms with Gasteiger partial charge in [0.1, 0.15) is 11.5 Å². The van der Waals surface area contributed by atoms with Crippen molar-refractivity contribution in [3.63, 3.8) is 0 Å². The number of nitrogens with one attached hydrogen (secondary N) is 1. The minimum Gasteiger partial charge on any atom is -0.476 e. The van der Waals surface area contributed by atoms with E-state index in [1.807, 2.05) is 19.1 Å². The molecule has 0 radical (unpaired) electrons. The molecule has 0 aromatic carbocycles. The van der Waals surface area contributed by atoms with Crippen molar-refractivity contribution in [2.45, 2.75) is 39.7 Å². The lowest BCUT2D eigenvalue weighted by atomic mass is 9.96. The quantitative estimate of drug-likeness (QED) is 0.883. The summed E-state index contributed by atoms with van der Waals surface area (Å²) in [6, 6.07) is 3.89. The zero-order valence-electron chi connectivity index (χ0n) is 13.6. The topological polar surface area (TPSA) is 86.0 Å². The summed E-state index contributed by atoms with van der Waals surface area (Å²) in [5.41, 5.74) is 7.41. The lowest BCUT2D eigenvalue weighted by Gasteiger charge is -2.20. The summed E-state index contributed by atoms with van der Waals surface area (Å²) >= 11 is 0. The zero-order valence-corrected chi connectivity index (χ0v) is 13.6. The Kier molecular flexibility index (Phi) is 4.80. The predicted molar refractivity (Wildman–Crippen MR) is 87.9 cm³/mol. The van der Waals surface area contributed by atoms with Crippen LogP contribution in [-0.4, -0.2) is 21.6 Å². The fourth-order valence-electron chi connectivity index (χ4n) is 1.85. The van der Waals surface area contributed by atoms with Gasteiger partial charge in [-0.1, -0.05) is 26.8 Å². The van der Waals surface area contributed by atoms with Crippen molar-refractivity contribution in [3.05, 3.63) is 35.9 Å². The molecule has 0 spiro atoms. The molecule has 0 unspecified atom stereocenters. The van der Waals surface area contributed by atoms with Gasteiger partial charge in [0.2, 0.25) is 5.88 Å². The molecule has 0 bridgehead atoms. The number of ether oxygens (including phenoxy) is 1. The van der Waals surface area contributed by atoms with Crippen molar-refractivity contribution in [2.24, 2.45) is 0 Å². The second-order valence-electron chi connectivity index (χ2n) is 6.01. The van der Waals surface area contributed by atoms with E-state index >= 15 is 0 Å². The van der Waals surface area contributed by atoms with Gasteiger partial charge in [-0.05, 0) is 18.6 Å². The number of hydrogen-bond acceptors (Lipinski definition) is 6. The van der Waals surface area contributed by atoms with Crippen LogP contribution in [0.4, 0.5) is 11.5 Å². The second-order valence-corrected chi connectivity index (χ2v) is 6.01. The minimum atomic E-state index is -0.190. The first-order valence-corrected chi connectivity index (χ1v) is 7.35. The molecule has 22 heavy (non-hydrogen) atoms. The molecule has 0 aliphatic carbocycles. The molecular formula is C16H23N5O. The summed E-state index contributed by atoms with van der Waals surface area (Å²) in [6.45, 7) is 9.16. The third kappa shape index (κ3) is 3.84. The van der Waals surface area contributed by atoms with E-state index in [9.17, 15) is 0 Å². The maximum absolute atomic E-state index is 6.12. The SMILES string of the molecule is CCOc1nc(C(C)(C)C)nc(NCc2cccnc2)c1N. The summed E-state index contributed by atoms with van der Waals surface area (Å²) in [7, 11) is 0. The second kappa shape index (κ2) is 6.60. The largest absolute Gasteiger partial charge is 0.476 e. The van der Waals surface area contributed by atoms with Gasteiger partial charge in [-0.25, -0.2) is 4.98 Å². The van der Waals surface area contributed by atoms with Gasteiger partial charge < -0.3 is 15.8 Å². The van der Waals surface area contributed by atoms with Gasteiger partial charge in [-0.15, -0.1) is 0 Å². The average Bonchev–Trinajstić information content (AvgIpc) is 2.48. The fraction of sp³-hybridized carbons (Fsp3) is 0.438. The molecule has 0 fully saturated rings. The third-order valence-corrected chi connectivity index (χ3v) is 3.05. The summed E-state index contributed by atoms with van der Waals surface area (Å²) < 4.78 is 5.54. The molecule has 0 atom stereocenters. The molecule has 3 N–H and O–H groups in total. The van der Waals surface area contributed by atoms with E-state index in [1.54, 1.807) is 12.4 Å². The maximum Gasteiger partial charge on any atom is 0.242 e. The summed E-state index contributed by atoms with van der Waals surface area (Å²) in [5.74, 6) is 1.71. The molecule has 118 valence electrons. The number of pyridine rings is 1. The average molecular weight is 301 g/mol. The molecule has 0 aliphatic rings. The van der Waals surface area contributed by atoms with Crippen LogP contribution in [-0.2, 0) is 12.0 Å². The molecule has 2 aromatic rings. The van der Waals surface area contributed by atoms with E-state index in [-0.39, 0.29) is 5.41 Å². The van der Waals surface area contributed by atoms with Crippen LogP contribution in [0.5, 0.6) is 5.88 Å². The number of anilines is 2. The van der Waals surface area contributed by atoms with Gasteiger partial charge >= 0.3 is 0 Å². The van der Waals surface area contributed by atoms with Gasteiger partial charge in [-0.2, -0.15) is 4.98 Å². The van der Waals surface area contributed by atoms with Gasteiger partial charge in [-0.3, -0.25) is 4.98 Å². The highest BCUT2D eigenvalue weighted by molar-refractivity contribution is 5.67. The van der Waals surface area contributed by atoms with E-state index in [1.165, 1.54) is 0 Å². The molecular weight excluding hydrogens is 278 g/mol. The molecule has 2 heterocycles. The van der Waals surface area contributed by atoms with Crippen LogP contribution in [0.25, 0.3) is 0 Å². The van der Waals surface area contributed by atoms with E-state index in [0.717, 1.165) is 5.56 Å². The Bertz CT molecular complexity index is 622. The van der Waals surface area contributed by atoms with Crippen LogP contribution >= 0.6 is 0 Å². The monoisotopic (exact) mass is 301 g/mol. The standard InChI is InChI=1S/C16H23N5O/c1-5-22-14-12(17)13(20-15(21-14)16(2,3)4)19-10-11-7-6-8-18-9-11/h6-9H,5,10,17H2,1-4H3,(H,19,20,21). The first-order valence-electron chi connectivity index (χ1n) is 7.35. The highest BCUT2D eigenvalue weighted by Gasteiger charge is 2.22.